The second-order valence-corrected chi connectivity index (χ2v) is 4.97. The van der Waals surface area contributed by atoms with Crippen molar-refractivity contribution in [2.75, 3.05) is 13.1 Å². The number of nitrogens with zero attached hydrogens (tertiary/aromatic N) is 1. The standard InChI is InChI=1S/C13H22N2O4/c1-3-4-11(13(18)19)14-12(17)10-5-7-15(8-6-10)9(2)16/h10-11H,3-8H2,1-2H3,(H,14,17)(H,18,19)/t11-/m1/s1. The van der Waals surface area contributed by atoms with Crippen LogP contribution in [0.4, 0.5) is 0 Å². The third-order valence-corrected chi connectivity index (χ3v) is 3.50. The largest absolute Gasteiger partial charge is 0.480 e. The van der Waals surface area contributed by atoms with Crippen molar-refractivity contribution in [3.05, 3.63) is 0 Å². The molecule has 2 N–H and O–H groups in total. The highest BCUT2D eigenvalue weighted by Gasteiger charge is 2.28. The van der Waals surface area contributed by atoms with Crippen molar-refractivity contribution in [1.82, 2.24) is 10.2 Å². The molecule has 19 heavy (non-hydrogen) atoms. The van der Waals surface area contributed by atoms with E-state index in [-0.39, 0.29) is 17.7 Å². The van der Waals surface area contributed by atoms with Crippen molar-refractivity contribution in [2.24, 2.45) is 5.92 Å². The summed E-state index contributed by atoms with van der Waals surface area (Å²) in [6, 6.07) is -0.802. The van der Waals surface area contributed by atoms with Crippen LogP contribution in [0.3, 0.4) is 0 Å². The van der Waals surface area contributed by atoms with E-state index in [1.165, 1.54) is 6.92 Å². The Balaban J connectivity index is 2.46. The molecule has 2 amide bonds. The van der Waals surface area contributed by atoms with E-state index < -0.39 is 12.0 Å². The first kappa shape index (κ1) is 15.5. The molecule has 0 bridgehead atoms. The lowest BCUT2D eigenvalue weighted by molar-refractivity contribution is -0.143. The van der Waals surface area contributed by atoms with E-state index in [9.17, 15) is 14.4 Å². The van der Waals surface area contributed by atoms with Crippen LogP contribution in [-0.2, 0) is 14.4 Å². The van der Waals surface area contributed by atoms with Crippen LogP contribution in [0.25, 0.3) is 0 Å². The van der Waals surface area contributed by atoms with Crippen LogP contribution in [-0.4, -0.2) is 46.9 Å². The van der Waals surface area contributed by atoms with Gasteiger partial charge in [0.2, 0.25) is 11.8 Å². The molecule has 0 spiro atoms. The highest BCUT2D eigenvalue weighted by atomic mass is 16.4. The molecule has 0 unspecified atom stereocenters. The Morgan fingerprint density at radius 3 is 2.32 bits per heavy atom. The molecule has 1 heterocycles. The van der Waals surface area contributed by atoms with Gasteiger partial charge in [0.15, 0.2) is 0 Å². The van der Waals surface area contributed by atoms with Crippen LogP contribution in [0.5, 0.6) is 0 Å². The summed E-state index contributed by atoms with van der Waals surface area (Å²) in [5, 5.41) is 11.6. The van der Waals surface area contributed by atoms with Crippen LogP contribution >= 0.6 is 0 Å². The number of hydrogen-bond acceptors (Lipinski definition) is 3. The van der Waals surface area contributed by atoms with Gasteiger partial charge < -0.3 is 15.3 Å². The predicted molar refractivity (Wildman–Crippen MR) is 69.5 cm³/mol. The number of hydrogen-bond donors (Lipinski definition) is 2. The van der Waals surface area contributed by atoms with Crippen LogP contribution in [0.2, 0.25) is 0 Å². The second-order valence-electron chi connectivity index (χ2n) is 4.97. The maximum atomic E-state index is 12.0. The van der Waals surface area contributed by atoms with Crippen molar-refractivity contribution in [3.63, 3.8) is 0 Å². The average molecular weight is 270 g/mol. The molecular formula is C13H22N2O4. The highest BCUT2D eigenvalue weighted by Crippen LogP contribution is 2.17. The molecular weight excluding hydrogens is 248 g/mol. The summed E-state index contributed by atoms with van der Waals surface area (Å²) in [4.78, 5) is 35.9. The summed E-state index contributed by atoms with van der Waals surface area (Å²) in [6.45, 7) is 4.54. The number of carbonyl (C=O) groups is 3. The first-order chi connectivity index (χ1) is 8.95. The minimum Gasteiger partial charge on any atom is -0.480 e. The fraction of sp³-hybridized carbons (Fsp3) is 0.769. The maximum Gasteiger partial charge on any atom is 0.326 e. The quantitative estimate of drug-likeness (QED) is 0.766. The van der Waals surface area contributed by atoms with Crippen molar-refractivity contribution in [2.45, 2.75) is 45.6 Å². The van der Waals surface area contributed by atoms with E-state index in [1.54, 1.807) is 4.90 Å². The van der Waals surface area contributed by atoms with Gasteiger partial charge in [0.25, 0.3) is 0 Å². The van der Waals surface area contributed by atoms with Crippen LogP contribution in [0.15, 0.2) is 0 Å². The van der Waals surface area contributed by atoms with E-state index in [1.807, 2.05) is 6.92 Å². The molecule has 0 radical (unpaired) electrons. The number of carboxylic acid groups (broad SMARTS) is 1. The molecule has 1 aliphatic rings. The summed E-state index contributed by atoms with van der Waals surface area (Å²) in [5.41, 5.74) is 0. The first-order valence-corrected chi connectivity index (χ1v) is 6.74. The number of likely N-dealkylation sites (tertiary alicyclic amines) is 1. The Kier molecular flexibility index (Phi) is 5.79. The Bertz CT molecular complexity index is 349. The van der Waals surface area contributed by atoms with Gasteiger partial charge in [-0.3, -0.25) is 9.59 Å². The zero-order chi connectivity index (χ0) is 14.4. The van der Waals surface area contributed by atoms with Gasteiger partial charge in [0.1, 0.15) is 6.04 Å². The van der Waals surface area contributed by atoms with Gasteiger partial charge in [-0.15, -0.1) is 0 Å². The van der Waals surface area contributed by atoms with Crippen molar-refractivity contribution in [1.29, 1.82) is 0 Å². The summed E-state index contributed by atoms with van der Waals surface area (Å²) in [7, 11) is 0. The smallest absolute Gasteiger partial charge is 0.326 e. The van der Waals surface area contributed by atoms with E-state index in [0.29, 0.717) is 38.8 Å². The van der Waals surface area contributed by atoms with Gasteiger partial charge in [-0.2, -0.15) is 0 Å². The predicted octanol–water partition coefficient (Wildman–Crippen LogP) is 0.614. The number of carboxylic acids is 1. The summed E-state index contributed by atoms with van der Waals surface area (Å²) < 4.78 is 0. The molecule has 0 aromatic heterocycles. The lowest BCUT2D eigenvalue weighted by atomic mass is 9.95. The minimum absolute atomic E-state index is 0.0215. The number of nitrogens with one attached hydrogen (secondary N) is 1. The normalized spacial score (nSPS) is 17.9. The Morgan fingerprint density at radius 1 is 1.32 bits per heavy atom. The fourth-order valence-corrected chi connectivity index (χ4v) is 2.29. The minimum atomic E-state index is -0.989. The van der Waals surface area contributed by atoms with Gasteiger partial charge in [-0.1, -0.05) is 13.3 Å². The van der Waals surface area contributed by atoms with Crippen molar-refractivity contribution in [3.8, 4) is 0 Å². The zero-order valence-electron chi connectivity index (χ0n) is 11.5. The van der Waals surface area contributed by atoms with Crippen LogP contribution in [0, 0.1) is 5.92 Å². The summed E-state index contributed by atoms with van der Waals surface area (Å²) in [6.07, 6.45) is 2.35. The third-order valence-electron chi connectivity index (χ3n) is 3.50. The van der Waals surface area contributed by atoms with Gasteiger partial charge >= 0.3 is 5.97 Å². The molecule has 0 saturated carbocycles. The number of aliphatic carboxylic acids is 1. The second kappa shape index (κ2) is 7.11. The highest BCUT2D eigenvalue weighted by molar-refractivity contribution is 5.85. The summed E-state index contributed by atoms with van der Waals surface area (Å²) in [5.74, 6) is -1.36. The lowest BCUT2D eigenvalue weighted by Crippen LogP contribution is -2.47. The average Bonchev–Trinajstić information content (AvgIpc) is 2.38. The monoisotopic (exact) mass is 270 g/mol. The van der Waals surface area contributed by atoms with Gasteiger partial charge in [0.05, 0.1) is 0 Å². The first-order valence-electron chi connectivity index (χ1n) is 6.74. The van der Waals surface area contributed by atoms with E-state index in [4.69, 9.17) is 5.11 Å². The zero-order valence-corrected chi connectivity index (χ0v) is 11.5. The van der Waals surface area contributed by atoms with Crippen molar-refractivity contribution >= 4 is 17.8 Å². The molecule has 0 aromatic rings. The molecule has 0 aromatic carbocycles. The lowest BCUT2D eigenvalue weighted by Gasteiger charge is -2.31. The number of carbonyl (C=O) groups excluding carboxylic acids is 2. The van der Waals surface area contributed by atoms with E-state index >= 15 is 0 Å². The molecule has 0 aliphatic carbocycles. The molecule has 1 atom stereocenters. The van der Waals surface area contributed by atoms with E-state index in [2.05, 4.69) is 5.32 Å². The van der Waals surface area contributed by atoms with Crippen molar-refractivity contribution < 1.29 is 19.5 Å². The summed E-state index contributed by atoms with van der Waals surface area (Å²) >= 11 is 0. The number of amides is 2. The van der Waals surface area contributed by atoms with Crippen LogP contribution in [0.1, 0.15) is 39.5 Å². The number of piperidine rings is 1. The third kappa shape index (κ3) is 4.54. The van der Waals surface area contributed by atoms with Crippen LogP contribution < -0.4 is 5.32 Å². The topological polar surface area (TPSA) is 86.7 Å². The molecule has 1 rings (SSSR count). The van der Waals surface area contributed by atoms with Gasteiger partial charge in [0, 0.05) is 25.9 Å². The van der Waals surface area contributed by atoms with Gasteiger partial charge in [-0.05, 0) is 19.3 Å². The number of rotatable bonds is 5. The molecule has 1 saturated heterocycles. The molecule has 108 valence electrons. The maximum absolute atomic E-state index is 12.0. The molecule has 6 heteroatoms. The SMILES string of the molecule is CCC[C@@H](NC(=O)C1CCN(C(C)=O)CC1)C(=O)O. The van der Waals surface area contributed by atoms with E-state index in [0.717, 1.165) is 0 Å². The Labute approximate surface area is 113 Å². The molecule has 1 aliphatic heterocycles. The fourth-order valence-electron chi connectivity index (χ4n) is 2.29. The Morgan fingerprint density at radius 2 is 1.89 bits per heavy atom. The molecule has 6 nitrogen and oxygen atoms in total. The Hall–Kier alpha value is -1.59. The van der Waals surface area contributed by atoms with Gasteiger partial charge in [-0.25, -0.2) is 4.79 Å². The molecule has 1 fully saturated rings.